The van der Waals surface area contributed by atoms with Gasteiger partial charge in [-0.2, -0.15) is 0 Å². The fraction of sp³-hybridized carbons (Fsp3) is 0.688. The van der Waals surface area contributed by atoms with E-state index in [4.69, 9.17) is 4.74 Å². The molecule has 1 aromatic heterocycles. The molecule has 6 nitrogen and oxygen atoms in total. The standard InChI is InChI=1S/C16H24N4O2/c1-12-4-3-5-20(11-12)15-10-14(17-13(2)18-15)16(21)19-6-8-22-9-7-19/h10,12H,3-9,11H2,1-2H3. The lowest BCUT2D eigenvalue weighted by Gasteiger charge is -2.32. The summed E-state index contributed by atoms with van der Waals surface area (Å²) >= 11 is 0. The van der Waals surface area contributed by atoms with Gasteiger partial charge in [-0.15, -0.1) is 0 Å². The van der Waals surface area contributed by atoms with Gasteiger partial charge in [-0.1, -0.05) is 6.92 Å². The summed E-state index contributed by atoms with van der Waals surface area (Å²) in [5.74, 6) is 2.20. The first-order valence-corrected chi connectivity index (χ1v) is 8.11. The van der Waals surface area contributed by atoms with E-state index in [0.29, 0.717) is 43.7 Å². The van der Waals surface area contributed by atoms with Gasteiger partial charge >= 0.3 is 0 Å². The highest BCUT2D eigenvalue weighted by atomic mass is 16.5. The van der Waals surface area contributed by atoms with Crippen LogP contribution in [0.5, 0.6) is 0 Å². The van der Waals surface area contributed by atoms with Crippen molar-refractivity contribution in [2.75, 3.05) is 44.3 Å². The van der Waals surface area contributed by atoms with Crippen molar-refractivity contribution in [3.63, 3.8) is 0 Å². The molecular weight excluding hydrogens is 280 g/mol. The molecule has 2 aliphatic heterocycles. The Morgan fingerprint density at radius 3 is 2.77 bits per heavy atom. The quantitative estimate of drug-likeness (QED) is 0.828. The number of ether oxygens (including phenoxy) is 1. The minimum absolute atomic E-state index is 0.0138. The first-order chi connectivity index (χ1) is 10.6. The van der Waals surface area contributed by atoms with E-state index >= 15 is 0 Å². The fourth-order valence-corrected chi connectivity index (χ4v) is 3.15. The molecule has 1 unspecified atom stereocenters. The van der Waals surface area contributed by atoms with Gasteiger partial charge in [0.2, 0.25) is 0 Å². The monoisotopic (exact) mass is 304 g/mol. The van der Waals surface area contributed by atoms with E-state index in [1.165, 1.54) is 12.8 Å². The molecule has 0 bridgehead atoms. The number of morpholine rings is 1. The van der Waals surface area contributed by atoms with Crippen molar-refractivity contribution < 1.29 is 9.53 Å². The van der Waals surface area contributed by atoms with E-state index in [2.05, 4.69) is 21.8 Å². The van der Waals surface area contributed by atoms with E-state index in [0.717, 1.165) is 18.9 Å². The molecule has 0 N–H and O–H groups in total. The molecule has 120 valence electrons. The van der Waals surface area contributed by atoms with Gasteiger partial charge in [0, 0.05) is 32.2 Å². The maximum atomic E-state index is 12.6. The van der Waals surface area contributed by atoms with Crippen LogP contribution in [0.3, 0.4) is 0 Å². The van der Waals surface area contributed by atoms with Crippen LogP contribution in [-0.4, -0.2) is 60.2 Å². The summed E-state index contributed by atoms with van der Waals surface area (Å²) in [4.78, 5) is 25.6. The molecule has 0 spiro atoms. The summed E-state index contributed by atoms with van der Waals surface area (Å²) in [6.07, 6.45) is 2.44. The van der Waals surface area contributed by atoms with Crippen molar-refractivity contribution in [1.82, 2.24) is 14.9 Å². The molecule has 1 atom stereocenters. The first-order valence-electron chi connectivity index (χ1n) is 8.11. The Labute approximate surface area is 131 Å². The predicted molar refractivity (Wildman–Crippen MR) is 84.1 cm³/mol. The van der Waals surface area contributed by atoms with E-state index in [9.17, 15) is 4.79 Å². The van der Waals surface area contributed by atoms with Crippen LogP contribution in [0.25, 0.3) is 0 Å². The molecule has 22 heavy (non-hydrogen) atoms. The summed E-state index contributed by atoms with van der Waals surface area (Å²) in [6.45, 7) is 8.61. The van der Waals surface area contributed by atoms with Crippen LogP contribution < -0.4 is 4.90 Å². The van der Waals surface area contributed by atoms with Gasteiger partial charge in [-0.25, -0.2) is 9.97 Å². The maximum Gasteiger partial charge on any atom is 0.272 e. The van der Waals surface area contributed by atoms with E-state index in [1.54, 1.807) is 0 Å². The summed E-state index contributed by atoms with van der Waals surface area (Å²) in [5, 5.41) is 0. The normalized spacial score (nSPS) is 22.7. The van der Waals surface area contributed by atoms with Crippen LogP contribution in [0.15, 0.2) is 6.07 Å². The number of hydrogen-bond acceptors (Lipinski definition) is 5. The minimum Gasteiger partial charge on any atom is -0.378 e. The molecule has 2 saturated heterocycles. The Balaban J connectivity index is 1.81. The van der Waals surface area contributed by atoms with Gasteiger partial charge < -0.3 is 14.5 Å². The first kappa shape index (κ1) is 15.2. The van der Waals surface area contributed by atoms with Crippen molar-refractivity contribution in [2.24, 2.45) is 5.92 Å². The SMILES string of the molecule is Cc1nc(C(=O)N2CCOCC2)cc(N2CCCC(C)C2)n1. The summed E-state index contributed by atoms with van der Waals surface area (Å²) < 4.78 is 5.31. The predicted octanol–water partition coefficient (Wildman–Crippen LogP) is 1.49. The van der Waals surface area contributed by atoms with E-state index in [1.807, 2.05) is 17.9 Å². The fourth-order valence-electron chi connectivity index (χ4n) is 3.15. The number of rotatable bonds is 2. The third kappa shape index (κ3) is 3.38. The van der Waals surface area contributed by atoms with Crippen LogP contribution in [0, 0.1) is 12.8 Å². The molecule has 2 aliphatic rings. The lowest BCUT2D eigenvalue weighted by molar-refractivity contribution is 0.0299. The van der Waals surface area contributed by atoms with E-state index in [-0.39, 0.29) is 5.91 Å². The zero-order valence-corrected chi connectivity index (χ0v) is 13.4. The van der Waals surface area contributed by atoms with E-state index < -0.39 is 0 Å². The van der Waals surface area contributed by atoms with Crippen molar-refractivity contribution in [1.29, 1.82) is 0 Å². The van der Waals surface area contributed by atoms with Gasteiger partial charge in [0.15, 0.2) is 0 Å². The average Bonchev–Trinajstić information content (AvgIpc) is 2.54. The highest BCUT2D eigenvalue weighted by Gasteiger charge is 2.23. The molecule has 6 heteroatoms. The number of carbonyl (C=O) groups excluding carboxylic acids is 1. The third-order valence-corrected chi connectivity index (χ3v) is 4.32. The Morgan fingerprint density at radius 1 is 1.27 bits per heavy atom. The Hall–Kier alpha value is -1.69. The van der Waals surface area contributed by atoms with Crippen LogP contribution in [0.4, 0.5) is 5.82 Å². The molecule has 0 aliphatic carbocycles. The molecule has 1 amide bonds. The smallest absolute Gasteiger partial charge is 0.272 e. The van der Waals surface area contributed by atoms with Gasteiger partial charge in [-0.3, -0.25) is 4.79 Å². The molecule has 0 aromatic carbocycles. The molecule has 2 fully saturated rings. The lowest BCUT2D eigenvalue weighted by Crippen LogP contribution is -2.41. The number of aromatic nitrogens is 2. The second kappa shape index (κ2) is 6.60. The number of aryl methyl sites for hydroxylation is 1. The second-order valence-corrected chi connectivity index (χ2v) is 6.26. The number of anilines is 1. The van der Waals surface area contributed by atoms with Crippen molar-refractivity contribution >= 4 is 11.7 Å². The van der Waals surface area contributed by atoms with Crippen LogP contribution >= 0.6 is 0 Å². The number of amides is 1. The highest BCUT2D eigenvalue weighted by molar-refractivity contribution is 5.93. The topological polar surface area (TPSA) is 58.6 Å². The van der Waals surface area contributed by atoms with Gasteiger partial charge in [-0.05, 0) is 25.7 Å². The largest absolute Gasteiger partial charge is 0.378 e. The van der Waals surface area contributed by atoms with Crippen LogP contribution in [-0.2, 0) is 4.74 Å². The Morgan fingerprint density at radius 2 is 2.05 bits per heavy atom. The highest BCUT2D eigenvalue weighted by Crippen LogP contribution is 2.22. The van der Waals surface area contributed by atoms with Gasteiger partial charge in [0.05, 0.1) is 13.2 Å². The molecule has 0 saturated carbocycles. The summed E-state index contributed by atoms with van der Waals surface area (Å²) in [7, 11) is 0. The summed E-state index contributed by atoms with van der Waals surface area (Å²) in [6, 6.07) is 1.85. The number of hydrogen-bond donors (Lipinski definition) is 0. The zero-order valence-electron chi connectivity index (χ0n) is 13.4. The number of nitrogens with zero attached hydrogens (tertiary/aromatic N) is 4. The molecular formula is C16H24N4O2. The number of piperidine rings is 1. The maximum absolute atomic E-state index is 12.6. The minimum atomic E-state index is -0.0138. The van der Waals surface area contributed by atoms with Crippen LogP contribution in [0.1, 0.15) is 36.1 Å². The van der Waals surface area contributed by atoms with Gasteiger partial charge in [0.1, 0.15) is 17.3 Å². The molecule has 1 aromatic rings. The Bertz CT molecular complexity index is 543. The van der Waals surface area contributed by atoms with Crippen molar-refractivity contribution in [2.45, 2.75) is 26.7 Å². The molecule has 3 heterocycles. The second-order valence-electron chi connectivity index (χ2n) is 6.26. The number of carbonyl (C=O) groups is 1. The zero-order chi connectivity index (χ0) is 15.5. The molecule has 3 rings (SSSR count). The summed E-state index contributed by atoms with van der Waals surface area (Å²) in [5.41, 5.74) is 0.502. The van der Waals surface area contributed by atoms with Gasteiger partial charge in [0.25, 0.3) is 5.91 Å². The van der Waals surface area contributed by atoms with Crippen molar-refractivity contribution in [3.8, 4) is 0 Å². The lowest BCUT2D eigenvalue weighted by atomic mass is 10.0. The average molecular weight is 304 g/mol. The van der Waals surface area contributed by atoms with Crippen molar-refractivity contribution in [3.05, 3.63) is 17.6 Å². The third-order valence-electron chi connectivity index (χ3n) is 4.32. The Kier molecular flexibility index (Phi) is 4.57. The molecule has 0 radical (unpaired) electrons. The van der Waals surface area contributed by atoms with Crippen LogP contribution in [0.2, 0.25) is 0 Å².